The van der Waals surface area contributed by atoms with Gasteiger partial charge in [-0.25, -0.2) is 0 Å². The number of hydrogen-bond donors (Lipinski definition) is 6. The van der Waals surface area contributed by atoms with E-state index in [0.717, 1.165) is 52.3 Å². The van der Waals surface area contributed by atoms with Crippen molar-refractivity contribution in [3.05, 3.63) is 76.3 Å². The molecular formula is C22H20S10. The summed E-state index contributed by atoms with van der Waals surface area (Å²) in [5, 5.41) is 9.36. The van der Waals surface area contributed by atoms with Gasteiger partial charge in [0.2, 0.25) is 0 Å². The van der Waals surface area contributed by atoms with Gasteiger partial charge in [0.1, 0.15) is 0 Å². The molecule has 4 rings (SSSR count). The van der Waals surface area contributed by atoms with Gasteiger partial charge in [0.05, 0.1) is 10.7 Å². The maximum Gasteiger partial charge on any atom is 0.0848 e. The molecule has 4 aromatic rings. The molecule has 0 aliphatic rings. The number of rotatable bonds is 9. The molecule has 4 aromatic heterocycles. The molecule has 0 aromatic carbocycles. The van der Waals surface area contributed by atoms with Gasteiger partial charge < -0.3 is 0 Å². The summed E-state index contributed by atoms with van der Waals surface area (Å²) in [4.78, 5) is 8.46. The van der Waals surface area contributed by atoms with Crippen LogP contribution in [-0.2, 0) is 5.41 Å². The lowest BCUT2D eigenvalue weighted by Crippen LogP contribution is -2.39. The van der Waals surface area contributed by atoms with Crippen LogP contribution in [0.15, 0.2) is 65.4 Å². The molecule has 1 unspecified atom stereocenters. The third-order valence-electron chi connectivity index (χ3n) is 5.34. The molecular weight excluding hydrogens is 585 g/mol. The van der Waals surface area contributed by atoms with Crippen LogP contribution in [-0.4, -0.2) is 0 Å². The SMILES string of the molecule is S[CH]CCC(c1sccc1S)C([C](S)c1sccc1S)(c1sccc1S)c1sccc1S. The molecule has 32 heavy (non-hydrogen) atoms. The van der Waals surface area contributed by atoms with Crippen LogP contribution in [0.5, 0.6) is 0 Å². The minimum absolute atomic E-state index is 0.0647. The van der Waals surface area contributed by atoms with Crippen LogP contribution < -0.4 is 0 Å². The van der Waals surface area contributed by atoms with Gasteiger partial charge in [0, 0.05) is 50.8 Å². The van der Waals surface area contributed by atoms with Crippen molar-refractivity contribution in [3.8, 4) is 0 Å². The summed E-state index contributed by atoms with van der Waals surface area (Å²) in [7, 11) is 0. The second kappa shape index (κ2) is 11.3. The molecule has 0 nitrogen and oxygen atoms in total. The Morgan fingerprint density at radius 3 is 1.75 bits per heavy atom. The maximum absolute atomic E-state index is 5.30. The Kier molecular flexibility index (Phi) is 9.18. The van der Waals surface area contributed by atoms with Crippen molar-refractivity contribution >= 4 is 121 Å². The van der Waals surface area contributed by atoms with Crippen molar-refractivity contribution in [3.63, 3.8) is 0 Å². The highest BCUT2D eigenvalue weighted by Gasteiger charge is 2.53. The van der Waals surface area contributed by atoms with Gasteiger partial charge in [-0.05, 0) is 58.6 Å². The standard InChI is InChI=1S/C22H20S10/c23-7-1-2-12(17-13(24)3-8-29-17)22(20-15(26)5-10-31-20,21-16(27)6-11-32-21)19(28)18-14(25)4-9-30-18/h3-12,23-28H,1-2H2. The second-order valence-corrected chi connectivity index (χ2v) is 13.5. The van der Waals surface area contributed by atoms with Crippen molar-refractivity contribution in [2.45, 2.75) is 43.8 Å². The van der Waals surface area contributed by atoms with Gasteiger partial charge in [-0.3, -0.25) is 0 Å². The predicted molar refractivity (Wildman–Crippen MR) is 164 cm³/mol. The monoisotopic (exact) mass is 604 g/mol. The summed E-state index contributed by atoms with van der Waals surface area (Å²) >= 11 is 36.1. The number of thiol groups is 6. The van der Waals surface area contributed by atoms with Crippen molar-refractivity contribution in [2.75, 3.05) is 0 Å². The molecule has 0 fully saturated rings. The normalized spacial score (nSPS) is 13.2. The van der Waals surface area contributed by atoms with E-state index in [9.17, 15) is 0 Å². The van der Waals surface area contributed by atoms with Gasteiger partial charge in [-0.2, -0.15) is 25.3 Å². The molecule has 0 amide bonds. The fourth-order valence-electron chi connectivity index (χ4n) is 4.01. The van der Waals surface area contributed by atoms with Gasteiger partial charge in [0.25, 0.3) is 0 Å². The van der Waals surface area contributed by atoms with Crippen LogP contribution in [0.3, 0.4) is 0 Å². The van der Waals surface area contributed by atoms with Crippen molar-refractivity contribution in [1.29, 1.82) is 0 Å². The highest BCUT2D eigenvalue weighted by molar-refractivity contribution is 7.84. The molecule has 2 radical (unpaired) electrons. The molecule has 0 aliphatic heterocycles. The molecule has 4 heterocycles. The fraction of sp³-hybridized carbons (Fsp3) is 0.182. The predicted octanol–water partition coefficient (Wildman–Crippen LogP) is 9.54. The molecule has 0 N–H and O–H groups in total. The van der Waals surface area contributed by atoms with E-state index in [1.54, 1.807) is 45.3 Å². The Hall–Kier alpha value is 0.900. The first-order chi connectivity index (χ1) is 15.4. The van der Waals surface area contributed by atoms with Gasteiger partial charge in [0.15, 0.2) is 0 Å². The first-order valence-electron chi connectivity index (χ1n) is 9.52. The minimum Gasteiger partial charge on any atom is -0.175 e. The Morgan fingerprint density at radius 2 is 1.31 bits per heavy atom. The fourth-order valence-corrected chi connectivity index (χ4v) is 11.0. The lowest BCUT2D eigenvalue weighted by Gasteiger charge is -2.44. The van der Waals surface area contributed by atoms with E-state index in [0.29, 0.717) is 0 Å². The Morgan fingerprint density at radius 1 is 0.781 bits per heavy atom. The van der Waals surface area contributed by atoms with E-state index in [4.69, 9.17) is 63.1 Å². The van der Waals surface area contributed by atoms with Gasteiger partial charge in [-0.1, -0.05) is 0 Å². The average Bonchev–Trinajstić information content (AvgIpc) is 3.56. The van der Waals surface area contributed by atoms with Gasteiger partial charge in [-0.15, -0.1) is 95.9 Å². The summed E-state index contributed by atoms with van der Waals surface area (Å²) in [6.45, 7) is 0. The lowest BCUT2D eigenvalue weighted by atomic mass is 9.67. The molecule has 0 spiro atoms. The van der Waals surface area contributed by atoms with Crippen LogP contribution in [0.25, 0.3) is 0 Å². The summed E-state index contributed by atoms with van der Waals surface area (Å²) < 4.78 is 0. The average molecular weight is 605 g/mol. The zero-order valence-corrected chi connectivity index (χ0v) is 25.1. The zero-order chi connectivity index (χ0) is 22.9. The molecule has 0 aliphatic carbocycles. The van der Waals surface area contributed by atoms with Crippen LogP contribution in [0.2, 0.25) is 0 Å². The lowest BCUT2D eigenvalue weighted by molar-refractivity contribution is 0.442. The molecule has 0 saturated carbocycles. The van der Waals surface area contributed by atoms with Crippen LogP contribution in [0.4, 0.5) is 0 Å². The van der Waals surface area contributed by atoms with E-state index < -0.39 is 5.41 Å². The Balaban J connectivity index is 2.10. The summed E-state index contributed by atoms with van der Waals surface area (Å²) in [6.07, 6.45) is 1.73. The molecule has 0 bridgehead atoms. The van der Waals surface area contributed by atoms with Crippen molar-refractivity contribution < 1.29 is 0 Å². The van der Waals surface area contributed by atoms with E-state index in [-0.39, 0.29) is 5.92 Å². The highest BCUT2D eigenvalue weighted by atomic mass is 32.1. The van der Waals surface area contributed by atoms with Crippen molar-refractivity contribution in [2.24, 2.45) is 0 Å². The summed E-state index contributed by atoms with van der Waals surface area (Å²) in [6, 6.07) is 8.24. The first kappa shape index (κ1) is 26.0. The topological polar surface area (TPSA) is 0 Å². The molecule has 0 saturated heterocycles. The van der Waals surface area contributed by atoms with Crippen LogP contribution in [0.1, 0.15) is 38.3 Å². The maximum atomic E-state index is 5.30. The first-order valence-corrected chi connectivity index (χ1v) is 15.8. The third-order valence-corrected chi connectivity index (χ3v) is 12.5. The van der Waals surface area contributed by atoms with E-state index in [2.05, 4.69) is 52.3 Å². The third kappa shape index (κ3) is 4.67. The summed E-state index contributed by atoms with van der Waals surface area (Å²) in [5.41, 5.74) is -0.582. The number of thiophene rings is 4. The highest BCUT2D eigenvalue weighted by Crippen LogP contribution is 2.63. The van der Waals surface area contributed by atoms with E-state index >= 15 is 0 Å². The minimum atomic E-state index is -0.582. The van der Waals surface area contributed by atoms with Crippen LogP contribution in [0, 0.1) is 11.0 Å². The Bertz CT molecular complexity index is 1120. The number of hydrogen-bond acceptors (Lipinski definition) is 10. The zero-order valence-electron chi connectivity index (χ0n) is 16.5. The molecule has 168 valence electrons. The Labute approximate surface area is 238 Å². The second-order valence-electron chi connectivity index (χ2n) is 7.04. The largest absolute Gasteiger partial charge is 0.175 e. The molecule has 10 heteroatoms. The van der Waals surface area contributed by atoms with Crippen molar-refractivity contribution in [1.82, 2.24) is 0 Å². The van der Waals surface area contributed by atoms with E-state index in [1.165, 1.54) is 4.88 Å². The smallest absolute Gasteiger partial charge is 0.0848 e. The van der Waals surface area contributed by atoms with Gasteiger partial charge >= 0.3 is 0 Å². The van der Waals surface area contributed by atoms with E-state index in [1.807, 2.05) is 11.8 Å². The quantitative estimate of drug-likeness (QED) is 0.101. The summed E-state index contributed by atoms with van der Waals surface area (Å²) in [5.74, 6) is 2.00. The van der Waals surface area contributed by atoms with Crippen LogP contribution >= 0.6 is 121 Å². The molecule has 1 atom stereocenters.